The lowest BCUT2D eigenvalue weighted by Crippen LogP contribution is -2.19. The Labute approximate surface area is 156 Å². The first-order valence-corrected chi connectivity index (χ1v) is 8.36. The van der Waals surface area contributed by atoms with Crippen molar-refractivity contribution in [1.29, 1.82) is 0 Å². The molecule has 2 N–H and O–H groups in total. The molecular weight excluding hydrogens is 370 g/mol. The van der Waals surface area contributed by atoms with Crippen molar-refractivity contribution in [3.05, 3.63) is 69.4 Å². The van der Waals surface area contributed by atoms with Crippen LogP contribution in [0.2, 0.25) is 0 Å². The van der Waals surface area contributed by atoms with Crippen molar-refractivity contribution in [1.82, 2.24) is 19.5 Å². The summed E-state index contributed by atoms with van der Waals surface area (Å²) in [7, 11) is 0. The van der Waals surface area contributed by atoms with Gasteiger partial charge in [-0.25, -0.2) is 23.5 Å². The van der Waals surface area contributed by atoms with Gasteiger partial charge < -0.3 is 10.1 Å². The van der Waals surface area contributed by atoms with Gasteiger partial charge in [-0.1, -0.05) is 0 Å². The summed E-state index contributed by atoms with van der Waals surface area (Å²) in [5.74, 6) is -2.28. The molecule has 0 saturated carbocycles. The molecule has 0 aliphatic heterocycles. The molecule has 0 aliphatic rings. The molecule has 7 nitrogen and oxygen atoms in total. The van der Waals surface area contributed by atoms with E-state index >= 15 is 0 Å². The number of benzene rings is 1. The summed E-state index contributed by atoms with van der Waals surface area (Å²) in [4.78, 5) is 34.8. The number of imidazole rings is 1. The van der Waals surface area contributed by atoms with Crippen molar-refractivity contribution < 1.29 is 18.7 Å². The van der Waals surface area contributed by atoms with E-state index in [9.17, 15) is 23.5 Å². The Morgan fingerprint density at radius 2 is 1.96 bits per heavy atom. The zero-order valence-electron chi connectivity index (χ0n) is 14.7. The number of rotatable bonds is 4. The first-order valence-electron chi connectivity index (χ1n) is 8.36. The fourth-order valence-corrected chi connectivity index (χ4v) is 3.12. The fraction of sp³-hybridized carbons (Fsp3) is 0.158. The van der Waals surface area contributed by atoms with Gasteiger partial charge in [-0.05, 0) is 31.2 Å². The van der Waals surface area contributed by atoms with E-state index in [1.807, 2.05) is 0 Å². The summed E-state index contributed by atoms with van der Waals surface area (Å²) in [6.45, 7) is 0.564. The molecule has 0 amide bonds. The molecule has 0 bridgehead atoms. The van der Waals surface area contributed by atoms with Gasteiger partial charge in [0.25, 0.3) is 0 Å². The van der Waals surface area contributed by atoms with Crippen molar-refractivity contribution in [2.24, 2.45) is 0 Å². The van der Waals surface area contributed by atoms with E-state index in [1.54, 1.807) is 12.1 Å². The predicted molar refractivity (Wildman–Crippen MR) is 97.0 cm³/mol. The Hall–Kier alpha value is -3.46. The number of aliphatic hydroxyl groups is 1. The van der Waals surface area contributed by atoms with E-state index in [1.165, 1.54) is 17.7 Å². The second-order valence-corrected chi connectivity index (χ2v) is 6.34. The van der Waals surface area contributed by atoms with Crippen molar-refractivity contribution in [2.45, 2.75) is 20.1 Å². The van der Waals surface area contributed by atoms with Crippen LogP contribution in [0.25, 0.3) is 22.1 Å². The average Bonchev–Trinajstić information content (AvgIpc) is 2.99. The van der Waals surface area contributed by atoms with Crippen molar-refractivity contribution in [2.75, 3.05) is 0 Å². The average molecular weight is 384 g/mol. The summed E-state index contributed by atoms with van der Waals surface area (Å²) in [6.07, 6.45) is 1.40. The molecule has 9 heteroatoms. The lowest BCUT2D eigenvalue weighted by molar-refractivity contribution is 0.101. The maximum atomic E-state index is 14.4. The number of hydrogen-bond donors (Lipinski definition) is 2. The number of Topliss-reactive ketones (excluding diaryl/α,β-unsaturated/α-hetero) is 1. The van der Waals surface area contributed by atoms with Crippen LogP contribution in [0.4, 0.5) is 8.78 Å². The van der Waals surface area contributed by atoms with Crippen LogP contribution in [0.5, 0.6) is 0 Å². The molecule has 1 aromatic carbocycles. The number of aromatic amines is 1. The number of ketones is 1. The molecule has 0 aliphatic carbocycles. The molecule has 0 unspecified atom stereocenters. The summed E-state index contributed by atoms with van der Waals surface area (Å²) < 4.78 is 30.1. The topological polar surface area (TPSA) is 101 Å². The van der Waals surface area contributed by atoms with Gasteiger partial charge in [0.2, 0.25) is 0 Å². The smallest absolute Gasteiger partial charge is 0.326 e. The summed E-state index contributed by atoms with van der Waals surface area (Å²) >= 11 is 0. The van der Waals surface area contributed by atoms with Gasteiger partial charge >= 0.3 is 5.69 Å². The Kier molecular flexibility index (Phi) is 4.23. The zero-order chi connectivity index (χ0) is 20.0. The molecule has 142 valence electrons. The number of pyridine rings is 2. The SMILES string of the molecule is CC(=O)c1cc(F)c(Cn2c(=O)[nH]c3cnc4nc(CO)ccc4c32)c(F)c1. The summed E-state index contributed by atoms with van der Waals surface area (Å²) in [6, 6.07) is 5.12. The van der Waals surface area contributed by atoms with Crippen molar-refractivity contribution >= 4 is 27.9 Å². The van der Waals surface area contributed by atoms with E-state index in [2.05, 4.69) is 15.0 Å². The number of carbonyl (C=O) groups excluding carboxylic acids is 1. The van der Waals surface area contributed by atoms with E-state index in [0.717, 1.165) is 12.1 Å². The predicted octanol–water partition coefficient (Wildman–Crippen LogP) is 2.29. The zero-order valence-corrected chi connectivity index (χ0v) is 14.7. The molecule has 0 atom stereocenters. The number of H-pyrrole nitrogens is 1. The summed E-state index contributed by atoms with van der Waals surface area (Å²) in [5, 5.41) is 9.72. The minimum atomic E-state index is -0.912. The van der Waals surface area contributed by atoms with E-state index in [-0.39, 0.29) is 24.3 Å². The van der Waals surface area contributed by atoms with Gasteiger partial charge in [-0.15, -0.1) is 0 Å². The van der Waals surface area contributed by atoms with E-state index in [0.29, 0.717) is 27.8 Å². The van der Waals surface area contributed by atoms with Crippen LogP contribution in [0, 0.1) is 11.6 Å². The highest BCUT2D eigenvalue weighted by Gasteiger charge is 2.18. The lowest BCUT2D eigenvalue weighted by atomic mass is 10.1. The standard InChI is InChI=1S/C19H14F2N4O3/c1-9(27)10-4-14(20)13(15(21)5-10)7-25-17-12-3-2-11(8-26)23-18(12)22-6-16(17)24-19(25)28/h2-6,26H,7-8H2,1H3,(H,24,28). The minimum absolute atomic E-state index is 0.0830. The molecule has 0 fully saturated rings. The maximum absolute atomic E-state index is 14.4. The normalized spacial score (nSPS) is 11.4. The minimum Gasteiger partial charge on any atom is -0.390 e. The number of nitrogens with one attached hydrogen (secondary N) is 1. The number of aliphatic hydroxyl groups excluding tert-OH is 1. The number of carbonyl (C=O) groups is 1. The number of hydrogen-bond acceptors (Lipinski definition) is 5. The third-order valence-electron chi connectivity index (χ3n) is 4.54. The van der Waals surface area contributed by atoms with Crippen LogP contribution in [-0.4, -0.2) is 30.4 Å². The Morgan fingerprint density at radius 1 is 1.25 bits per heavy atom. The van der Waals surface area contributed by atoms with Crippen LogP contribution in [-0.2, 0) is 13.2 Å². The van der Waals surface area contributed by atoms with Gasteiger partial charge in [0, 0.05) is 16.5 Å². The van der Waals surface area contributed by atoms with Crippen LogP contribution in [0.15, 0.2) is 35.3 Å². The highest BCUT2D eigenvalue weighted by molar-refractivity contribution is 6.00. The second kappa shape index (κ2) is 6.61. The van der Waals surface area contributed by atoms with E-state index < -0.39 is 23.1 Å². The van der Waals surface area contributed by atoms with Crippen molar-refractivity contribution in [3.8, 4) is 0 Å². The lowest BCUT2D eigenvalue weighted by Gasteiger charge is -2.09. The van der Waals surface area contributed by atoms with Crippen LogP contribution in [0.3, 0.4) is 0 Å². The largest absolute Gasteiger partial charge is 0.390 e. The number of halogens is 2. The van der Waals surface area contributed by atoms with Gasteiger partial charge in [0.1, 0.15) is 11.6 Å². The summed E-state index contributed by atoms with van der Waals surface area (Å²) in [5.41, 5.74) is 0.488. The molecule has 4 rings (SSSR count). The number of nitrogens with zero attached hydrogens (tertiary/aromatic N) is 3. The van der Waals surface area contributed by atoms with Crippen LogP contribution in [0.1, 0.15) is 28.5 Å². The Morgan fingerprint density at radius 3 is 2.61 bits per heavy atom. The number of fused-ring (bicyclic) bond motifs is 3. The van der Waals surface area contributed by atoms with Crippen LogP contribution < -0.4 is 5.69 Å². The molecule has 3 heterocycles. The Bertz CT molecular complexity index is 1290. The Balaban J connectivity index is 1.92. The molecule has 0 saturated heterocycles. The first kappa shape index (κ1) is 17.9. The van der Waals surface area contributed by atoms with E-state index in [4.69, 9.17) is 0 Å². The van der Waals surface area contributed by atoms with Gasteiger partial charge in [-0.2, -0.15) is 0 Å². The third-order valence-corrected chi connectivity index (χ3v) is 4.54. The quantitative estimate of drug-likeness (QED) is 0.526. The molecule has 28 heavy (non-hydrogen) atoms. The second-order valence-electron chi connectivity index (χ2n) is 6.34. The molecular formula is C19H14F2N4O3. The van der Waals surface area contributed by atoms with Gasteiger partial charge in [0.05, 0.1) is 36.1 Å². The van der Waals surface area contributed by atoms with Crippen molar-refractivity contribution in [3.63, 3.8) is 0 Å². The molecule has 4 aromatic rings. The van der Waals surface area contributed by atoms with Gasteiger partial charge in [-0.3, -0.25) is 9.36 Å². The molecule has 3 aromatic heterocycles. The monoisotopic (exact) mass is 384 g/mol. The van der Waals surface area contributed by atoms with Gasteiger partial charge in [0.15, 0.2) is 11.4 Å². The molecule has 0 spiro atoms. The molecule has 0 radical (unpaired) electrons. The first-order chi connectivity index (χ1) is 13.4. The third kappa shape index (κ3) is 2.85. The highest BCUT2D eigenvalue weighted by Crippen LogP contribution is 2.23. The maximum Gasteiger partial charge on any atom is 0.326 e. The highest BCUT2D eigenvalue weighted by atomic mass is 19.1. The number of aromatic nitrogens is 4. The fourth-order valence-electron chi connectivity index (χ4n) is 3.12. The van der Waals surface area contributed by atoms with Crippen LogP contribution >= 0.6 is 0 Å².